The maximum atomic E-state index is 13.0. The number of hydrogen-bond donors (Lipinski definition) is 3. The lowest BCUT2D eigenvalue weighted by atomic mass is 10.1. The third-order valence-corrected chi connectivity index (χ3v) is 4.41. The average molecular weight is 324 g/mol. The molecule has 2 aliphatic rings. The second-order valence-electron chi connectivity index (χ2n) is 6.05. The van der Waals surface area contributed by atoms with Crippen molar-refractivity contribution < 1.29 is 4.79 Å². The molecule has 1 amide bonds. The summed E-state index contributed by atoms with van der Waals surface area (Å²) in [6.45, 7) is 1.81. The molecule has 0 atom stereocenters. The molecule has 0 fully saturated rings. The van der Waals surface area contributed by atoms with Crippen LogP contribution in [-0.2, 0) is 5.66 Å². The fourth-order valence-electron chi connectivity index (χ4n) is 3.35. The molecule has 8 heteroatoms. The van der Waals surface area contributed by atoms with Gasteiger partial charge in [0.05, 0.1) is 0 Å². The quantitative estimate of drug-likeness (QED) is 0.710. The highest BCUT2D eigenvalue weighted by atomic mass is 16.2. The Morgan fingerprint density at radius 1 is 1.25 bits per heavy atom. The van der Waals surface area contributed by atoms with Crippen molar-refractivity contribution in [1.29, 1.82) is 0 Å². The van der Waals surface area contributed by atoms with Crippen LogP contribution in [-0.4, -0.2) is 20.4 Å². The topological polar surface area (TPSA) is 115 Å². The molecule has 2 aromatic rings. The van der Waals surface area contributed by atoms with Crippen molar-refractivity contribution in [3.8, 4) is 0 Å². The second kappa shape index (κ2) is 4.92. The highest BCUT2D eigenvalue weighted by molar-refractivity contribution is 5.97. The van der Waals surface area contributed by atoms with E-state index in [2.05, 4.69) is 20.6 Å². The number of fused-ring (bicyclic) bond motifs is 2. The predicted molar refractivity (Wildman–Crippen MR) is 89.0 cm³/mol. The second-order valence-corrected chi connectivity index (χ2v) is 6.05. The summed E-state index contributed by atoms with van der Waals surface area (Å²) in [6.07, 6.45) is 6.46. The molecule has 0 aromatic carbocycles. The van der Waals surface area contributed by atoms with Crippen LogP contribution in [0, 0.1) is 6.92 Å². The van der Waals surface area contributed by atoms with Crippen molar-refractivity contribution in [2.24, 2.45) is 0 Å². The molecule has 2 aromatic heterocycles. The minimum atomic E-state index is -0.698. The van der Waals surface area contributed by atoms with Crippen LogP contribution in [0.25, 0.3) is 0 Å². The Bertz CT molecular complexity index is 938. The average Bonchev–Trinajstić information content (AvgIpc) is 3.10. The summed E-state index contributed by atoms with van der Waals surface area (Å²) in [5.74, 6) is 0.514. The van der Waals surface area contributed by atoms with Crippen molar-refractivity contribution >= 4 is 23.2 Å². The minimum Gasteiger partial charge on any atom is -0.384 e. The van der Waals surface area contributed by atoms with E-state index in [9.17, 15) is 9.59 Å². The largest absolute Gasteiger partial charge is 0.384 e. The lowest BCUT2D eigenvalue weighted by molar-refractivity contribution is 0.0923. The van der Waals surface area contributed by atoms with E-state index in [1.54, 1.807) is 16.7 Å². The number of aromatic nitrogens is 3. The van der Waals surface area contributed by atoms with Gasteiger partial charge in [-0.2, -0.15) is 0 Å². The summed E-state index contributed by atoms with van der Waals surface area (Å²) in [6, 6.07) is 3.20. The monoisotopic (exact) mass is 324 g/mol. The lowest BCUT2D eigenvalue weighted by Gasteiger charge is -2.26. The molecule has 122 valence electrons. The van der Waals surface area contributed by atoms with Gasteiger partial charge in [0.2, 0.25) is 0 Å². The number of carbonyl (C=O) groups is 1. The van der Waals surface area contributed by atoms with Gasteiger partial charge in [-0.25, -0.2) is 9.97 Å². The Hall–Kier alpha value is -3.16. The van der Waals surface area contributed by atoms with E-state index in [4.69, 9.17) is 5.73 Å². The number of nitrogen functional groups attached to an aromatic ring is 1. The summed E-state index contributed by atoms with van der Waals surface area (Å²) in [7, 11) is 0. The summed E-state index contributed by atoms with van der Waals surface area (Å²) in [4.78, 5) is 33.3. The van der Waals surface area contributed by atoms with Gasteiger partial charge in [0.15, 0.2) is 0 Å². The molecule has 0 radical (unpaired) electrons. The number of nitrogens with one attached hydrogen (secondary N) is 2. The van der Waals surface area contributed by atoms with Gasteiger partial charge < -0.3 is 16.4 Å². The molecule has 1 spiro atoms. The number of aryl methyl sites for hydroxylation is 1. The molecule has 0 saturated heterocycles. The molecule has 8 nitrogen and oxygen atoms in total. The van der Waals surface area contributed by atoms with Crippen LogP contribution >= 0.6 is 0 Å². The third-order valence-electron chi connectivity index (χ3n) is 4.41. The Labute approximate surface area is 137 Å². The number of nitrogens with two attached hydrogens (primary N) is 1. The normalized spacial score (nSPS) is 17.1. The van der Waals surface area contributed by atoms with Crippen LogP contribution in [0.4, 0.5) is 17.3 Å². The standard InChI is InChI=1S/C16H16N6O2/c1-9-6-10(20-12-7-11(17)18-8-19-12)15(24)22-13(9)14(23)21-16(22)4-2-3-5-16/h2-3,6-8H,4-5H2,1H3,(H,21,23)(H3,17,18,19,20). The summed E-state index contributed by atoms with van der Waals surface area (Å²) in [5.41, 5.74) is 6.16. The van der Waals surface area contributed by atoms with Gasteiger partial charge in [0.1, 0.15) is 35.0 Å². The van der Waals surface area contributed by atoms with Gasteiger partial charge in [-0.3, -0.25) is 14.2 Å². The molecule has 0 saturated carbocycles. The van der Waals surface area contributed by atoms with Gasteiger partial charge in [-0.1, -0.05) is 12.2 Å². The molecule has 0 bridgehead atoms. The first kappa shape index (κ1) is 14.4. The molecule has 24 heavy (non-hydrogen) atoms. The smallest absolute Gasteiger partial charge is 0.276 e. The molecule has 4 N–H and O–H groups in total. The zero-order valence-corrected chi connectivity index (χ0v) is 13.0. The van der Waals surface area contributed by atoms with Gasteiger partial charge >= 0.3 is 0 Å². The Balaban J connectivity index is 1.86. The Morgan fingerprint density at radius 2 is 2.00 bits per heavy atom. The first-order valence-corrected chi connectivity index (χ1v) is 7.59. The third kappa shape index (κ3) is 1.99. The number of rotatable bonds is 2. The van der Waals surface area contributed by atoms with Crippen molar-refractivity contribution in [2.45, 2.75) is 25.4 Å². The lowest BCUT2D eigenvalue weighted by Crippen LogP contribution is -2.45. The number of amides is 1. The van der Waals surface area contributed by atoms with Crippen LogP contribution in [0.3, 0.4) is 0 Å². The number of carbonyl (C=O) groups excluding carboxylic acids is 1. The molecule has 1 aliphatic carbocycles. The maximum Gasteiger partial charge on any atom is 0.276 e. The number of hydrogen-bond acceptors (Lipinski definition) is 6. The predicted octanol–water partition coefficient (Wildman–Crippen LogP) is 1.02. The molecule has 1 aliphatic heterocycles. The van der Waals surface area contributed by atoms with E-state index in [1.165, 1.54) is 6.33 Å². The number of pyridine rings is 1. The first-order chi connectivity index (χ1) is 11.5. The van der Waals surface area contributed by atoms with Crippen molar-refractivity contribution in [3.63, 3.8) is 0 Å². The molecule has 4 rings (SSSR count). The first-order valence-electron chi connectivity index (χ1n) is 7.59. The van der Waals surface area contributed by atoms with Gasteiger partial charge in [-0.15, -0.1) is 0 Å². The van der Waals surface area contributed by atoms with Crippen molar-refractivity contribution in [1.82, 2.24) is 19.9 Å². The Morgan fingerprint density at radius 3 is 2.71 bits per heavy atom. The molecular formula is C16H16N6O2. The summed E-state index contributed by atoms with van der Waals surface area (Å²) >= 11 is 0. The van der Waals surface area contributed by atoms with E-state index in [-0.39, 0.29) is 11.5 Å². The maximum absolute atomic E-state index is 13.0. The highest BCUT2D eigenvalue weighted by Gasteiger charge is 2.44. The van der Waals surface area contributed by atoms with E-state index in [0.717, 1.165) is 5.56 Å². The van der Waals surface area contributed by atoms with Crippen molar-refractivity contribution in [2.75, 3.05) is 11.1 Å². The number of nitrogens with zero attached hydrogens (tertiary/aromatic N) is 3. The molecule has 3 heterocycles. The van der Waals surface area contributed by atoms with Gasteiger partial charge in [0, 0.05) is 18.9 Å². The van der Waals surface area contributed by atoms with Crippen molar-refractivity contribution in [3.05, 3.63) is 52.2 Å². The van der Waals surface area contributed by atoms with Gasteiger partial charge in [-0.05, 0) is 18.6 Å². The minimum absolute atomic E-state index is 0.217. The van der Waals surface area contributed by atoms with Crippen LogP contribution in [0.1, 0.15) is 28.9 Å². The fraction of sp³-hybridized carbons (Fsp3) is 0.250. The van der Waals surface area contributed by atoms with Crippen LogP contribution in [0.15, 0.2) is 35.4 Å². The van der Waals surface area contributed by atoms with E-state index in [1.807, 2.05) is 19.1 Å². The summed E-state index contributed by atoms with van der Waals surface area (Å²) in [5, 5.41) is 5.95. The summed E-state index contributed by atoms with van der Waals surface area (Å²) < 4.78 is 1.57. The zero-order valence-electron chi connectivity index (χ0n) is 13.0. The van der Waals surface area contributed by atoms with E-state index < -0.39 is 5.66 Å². The Kier molecular flexibility index (Phi) is 2.96. The molecular weight excluding hydrogens is 308 g/mol. The van der Waals surface area contributed by atoms with Crippen LogP contribution < -0.4 is 21.9 Å². The van der Waals surface area contributed by atoms with Gasteiger partial charge in [0.25, 0.3) is 11.5 Å². The number of anilines is 3. The fourth-order valence-corrected chi connectivity index (χ4v) is 3.35. The van der Waals surface area contributed by atoms with E-state index in [0.29, 0.717) is 35.9 Å². The van der Waals surface area contributed by atoms with Crippen LogP contribution in [0.2, 0.25) is 0 Å². The zero-order chi connectivity index (χ0) is 16.9. The molecule has 0 unspecified atom stereocenters. The van der Waals surface area contributed by atoms with Crippen LogP contribution in [0.5, 0.6) is 0 Å². The SMILES string of the molecule is Cc1cc(Nc2cc(N)ncn2)c(=O)n2c1C(=O)NC21CC=CC1. The van der Waals surface area contributed by atoms with E-state index >= 15 is 0 Å². The highest BCUT2D eigenvalue weighted by Crippen LogP contribution is 2.35.